The van der Waals surface area contributed by atoms with Crippen molar-refractivity contribution < 1.29 is 14.3 Å². The second-order valence-electron chi connectivity index (χ2n) is 5.63. The van der Waals surface area contributed by atoms with Gasteiger partial charge in [0.2, 0.25) is 5.88 Å². The van der Waals surface area contributed by atoms with Crippen molar-refractivity contribution in [2.24, 2.45) is 5.92 Å². The van der Waals surface area contributed by atoms with Gasteiger partial charge in [0.25, 0.3) is 5.91 Å². The number of ether oxygens (including phenoxy) is 2. The smallest absolute Gasteiger partial charge is 0.251 e. The molecule has 0 radical (unpaired) electrons. The molecule has 5 nitrogen and oxygen atoms in total. The molecule has 5 heteroatoms. The Bertz CT molecular complexity index is 632. The molecule has 0 fully saturated rings. The van der Waals surface area contributed by atoms with Crippen LogP contribution >= 0.6 is 0 Å². The van der Waals surface area contributed by atoms with Gasteiger partial charge in [-0.05, 0) is 24.5 Å². The van der Waals surface area contributed by atoms with Crippen molar-refractivity contribution in [2.75, 3.05) is 19.8 Å². The molecule has 0 aliphatic carbocycles. The molecule has 1 atom stereocenters. The van der Waals surface area contributed by atoms with Gasteiger partial charge in [0.1, 0.15) is 0 Å². The molecule has 1 aromatic carbocycles. The summed E-state index contributed by atoms with van der Waals surface area (Å²) in [4.78, 5) is 16.2. The monoisotopic (exact) mass is 328 g/mol. The molecule has 24 heavy (non-hydrogen) atoms. The van der Waals surface area contributed by atoms with Crippen molar-refractivity contribution in [1.82, 2.24) is 10.3 Å². The van der Waals surface area contributed by atoms with Gasteiger partial charge < -0.3 is 14.8 Å². The Morgan fingerprint density at radius 3 is 2.79 bits per heavy atom. The molecule has 0 bridgehead atoms. The van der Waals surface area contributed by atoms with Crippen LogP contribution in [0.1, 0.15) is 29.8 Å². The van der Waals surface area contributed by atoms with Gasteiger partial charge in [0.05, 0.1) is 19.8 Å². The van der Waals surface area contributed by atoms with E-state index in [2.05, 4.69) is 10.3 Å². The second kappa shape index (κ2) is 9.67. The number of carbonyl (C=O) groups excluding carboxylic acids is 1. The molecule has 0 aliphatic rings. The van der Waals surface area contributed by atoms with Crippen molar-refractivity contribution in [1.29, 1.82) is 0 Å². The summed E-state index contributed by atoms with van der Waals surface area (Å²) in [5.74, 6) is 0.559. The van der Waals surface area contributed by atoms with Gasteiger partial charge in [-0.1, -0.05) is 37.3 Å². The predicted molar refractivity (Wildman–Crippen MR) is 93.0 cm³/mol. The number of amides is 1. The summed E-state index contributed by atoms with van der Waals surface area (Å²) in [7, 11) is 0. The maximum Gasteiger partial charge on any atom is 0.251 e. The number of nitrogens with zero attached hydrogens (tertiary/aromatic N) is 1. The first kappa shape index (κ1) is 17.9. The highest BCUT2D eigenvalue weighted by atomic mass is 16.5. The molecule has 0 saturated carbocycles. The quantitative estimate of drug-likeness (QED) is 0.768. The van der Waals surface area contributed by atoms with Crippen LogP contribution < -0.4 is 10.1 Å². The number of rotatable bonds is 9. The SMILES string of the molecule is CCOc1cc(C(=O)NCC(C)COCc2ccccc2)ccn1. The number of aromatic nitrogens is 1. The molecule has 0 spiro atoms. The maximum absolute atomic E-state index is 12.2. The molecule has 1 unspecified atom stereocenters. The van der Waals surface area contributed by atoms with Crippen LogP contribution in [0.25, 0.3) is 0 Å². The summed E-state index contributed by atoms with van der Waals surface area (Å²) < 4.78 is 11.0. The van der Waals surface area contributed by atoms with E-state index in [0.29, 0.717) is 37.8 Å². The average molecular weight is 328 g/mol. The maximum atomic E-state index is 12.2. The van der Waals surface area contributed by atoms with Crippen molar-refractivity contribution in [2.45, 2.75) is 20.5 Å². The highest BCUT2D eigenvalue weighted by Crippen LogP contribution is 2.09. The Kier molecular flexibility index (Phi) is 7.23. The van der Waals surface area contributed by atoms with E-state index in [0.717, 1.165) is 5.56 Å². The highest BCUT2D eigenvalue weighted by molar-refractivity contribution is 5.94. The summed E-state index contributed by atoms with van der Waals surface area (Å²) in [5, 5.41) is 2.91. The largest absolute Gasteiger partial charge is 0.478 e. The van der Waals surface area contributed by atoms with Crippen LogP contribution in [-0.2, 0) is 11.3 Å². The second-order valence-corrected chi connectivity index (χ2v) is 5.63. The third-order valence-electron chi connectivity index (χ3n) is 3.41. The Hall–Kier alpha value is -2.40. The third kappa shape index (κ3) is 6.01. The van der Waals surface area contributed by atoms with Crippen LogP contribution in [0.3, 0.4) is 0 Å². The lowest BCUT2D eigenvalue weighted by molar-refractivity contribution is 0.0843. The number of carbonyl (C=O) groups is 1. The third-order valence-corrected chi connectivity index (χ3v) is 3.41. The zero-order chi connectivity index (χ0) is 17.2. The molecular weight excluding hydrogens is 304 g/mol. The summed E-state index contributed by atoms with van der Waals surface area (Å²) in [6, 6.07) is 13.4. The predicted octanol–water partition coefficient (Wildman–Crippen LogP) is 3.06. The number of pyridine rings is 1. The molecule has 0 saturated heterocycles. The summed E-state index contributed by atoms with van der Waals surface area (Å²) >= 11 is 0. The number of hydrogen-bond acceptors (Lipinski definition) is 4. The Morgan fingerprint density at radius 2 is 2.04 bits per heavy atom. The van der Waals surface area contributed by atoms with Crippen molar-refractivity contribution in [3.8, 4) is 5.88 Å². The molecule has 2 aromatic rings. The van der Waals surface area contributed by atoms with E-state index in [1.807, 2.05) is 44.2 Å². The van der Waals surface area contributed by atoms with Crippen LogP contribution in [0.2, 0.25) is 0 Å². The number of nitrogens with one attached hydrogen (secondary N) is 1. The van der Waals surface area contributed by atoms with Gasteiger partial charge in [-0.15, -0.1) is 0 Å². The topological polar surface area (TPSA) is 60.5 Å². The van der Waals surface area contributed by atoms with Crippen LogP contribution in [-0.4, -0.2) is 30.6 Å². The highest BCUT2D eigenvalue weighted by Gasteiger charge is 2.09. The van der Waals surface area contributed by atoms with E-state index < -0.39 is 0 Å². The lowest BCUT2D eigenvalue weighted by atomic mass is 10.2. The van der Waals surface area contributed by atoms with E-state index in [1.54, 1.807) is 18.3 Å². The molecule has 2 rings (SSSR count). The molecule has 1 aromatic heterocycles. The van der Waals surface area contributed by atoms with E-state index in [9.17, 15) is 4.79 Å². The minimum Gasteiger partial charge on any atom is -0.478 e. The van der Waals surface area contributed by atoms with Gasteiger partial charge >= 0.3 is 0 Å². The fraction of sp³-hybridized carbons (Fsp3) is 0.368. The Balaban J connectivity index is 1.71. The summed E-state index contributed by atoms with van der Waals surface area (Å²) in [6.45, 7) is 6.18. The lowest BCUT2D eigenvalue weighted by Gasteiger charge is -2.13. The molecule has 1 amide bonds. The lowest BCUT2D eigenvalue weighted by Crippen LogP contribution is -2.30. The normalized spacial score (nSPS) is 11.8. The summed E-state index contributed by atoms with van der Waals surface area (Å²) in [6.07, 6.45) is 1.58. The minimum absolute atomic E-state index is 0.131. The molecular formula is C19H24N2O3. The molecule has 1 heterocycles. The van der Waals surface area contributed by atoms with Crippen molar-refractivity contribution in [3.05, 3.63) is 59.8 Å². The number of hydrogen-bond donors (Lipinski definition) is 1. The molecule has 0 aliphatic heterocycles. The van der Waals surface area contributed by atoms with Crippen LogP contribution in [0.5, 0.6) is 5.88 Å². The zero-order valence-corrected chi connectivity index (χ0v) is 14.2. The van der Waals surface area contributed by atoms with E-state index >= 15 is 0 Å². The zero-order valence-electron chi connectivity index (χ0n) is 14.2. The van der Waals surface area contributed by atoms with Gasteiger partial charge in [-0.2, -0.15) is 0 Å². The van der Waals surface area contributed by atoms with Crippen molar-refractivity contribution in [3.63, 3.8) is 0 Å². The van der Waals surface area contributed by atoms with Gasteiger partial charge in [0.15, 0.2) is 0 Å². The first-order valence-corrected chi connectivity index (χ1v) is 8.17. The van der Waals surface area contributed by atoms with Crippen molar-refractivity contribution >= 4 is 5.91 Å². The summed E-state index contributed by atoms with van der Waals surface area (Å²) in [5.41, 5.74) is 1.69. The molecule has 128 valence electrons. The van der Waals surface area contributed by atoms with Gasteiger partial charge in [0, 0.05) is 24.4 Å². The van der Waals surface area contributed by atoms with Crippen LogP contribution in [0, 0.1) is 5.92 Å². The fourth-order valence-electron chi connectivity index (χ4n) is 2.16. The van der Waals surface area contributed by atoms with E-state index in [1.165, 1.54) is 0 Å². The molecule has 1 N–H and O–H groups in total. The van der Waals surface area contributed by atoms with Gasteiger partial charge in [-0.25, -0.2) is 4.98 Å². The van der Waals surface area contributed by atoms with Crippen LogP contribution in [0.15, 0.2) is 48.7 Å². The Morgan fingerprint density at radius 1 is 1.25 bits per heavy atom. The van der Waals surface area contributed by atoms with Crippen LogP contribution in [0.4, 0.5) is 0 Å². The van der Waals surface area contributed by atoms with E-state index in [-0.39, 0.29) is 11.8 Å². The average Bonchev–Trinajstić information content (AvgIpc) is 2.61. The standard InChI is InChI=1S/C19H24N2O3/c1-3-24-18-11-17(9-10-20-18)19(22)21-12-15(2)13-23-14-16-7-5-4-6-8-16/h4-11,15H,3,12-14H2,1-2H3,(H,21,22). The first-order chi connectivity index (χ1) is 11.7. The minimum atomic E-state index is -0.131. The van der Waals surface area contributed by atoms with E-state index in [4.69, 9.17) is 9.47 Å². The van der Waals surface area contributed by atoms with Gasteiger partial charge in [-0.3, -0.25) is 4.79 Å². The Labute approximate surface area is 143 Å². The number of benzene rings is 1. The fourth-order valence-corrected chi connectivity index (χ4v) is 2.16. The first-order valence-electron chi connectivity index (χ1n) is 8.17.